The number of carbonyl (C=O) groups is 1. The highest BCUT2D eigenvalue weighted by molar-refractivity contribution is 6.19. The molecule has 102 valence electrons. The molecule has 0 spiro atoms. The molecule has 0 radical (unpaired) electrons. The summed E-state index contributed by atoms with van der Waals surface area (Å²) in [6.07, 6.45) is 0. The largest absolute Gasteiger partial charge is 0.313 e. The van der Waals surface area contributed by atoms with Crippen LogP contribution in [-0.4, -0.2) is 25.2 Å². The lowest BCUT2D eigenvalue weighted by molar-refractivity contribution is -0.116. The van der Waals surface area contributed by atoms with Gasteiger partial charge in [-0.25, -0.2) is 0 Å². The van der Waals surface area contributed by atoms with Crippen LogP contribution in [0.4, 0.5) is 5.69 Å². The van der Waals surface area contributed by atoms with Crippen LogP contribution in [0.3, 0.4) is 0 Å². The van der Waals surface area contributed by atoms with Gasteiger partial charge in [-0.05, 0) is 18.2 Å². The van der Waals surface area contributed by atoms with Gasteiger partial charge in [-0.1, -0.05) is 30.3 Å². The molecule has 3 rings (SSSR count). The lowest BCUT2D eigenvalue weighted by Crippen LogP contribution is -2.27. The second-order valence-electron chi connectivity index (χ2n) is 4.83. The van der Waals surface area contributed by atoms with E-state index in [1.54, 1.807) is 30.1 Å². The zero-order chi connectivity index (χ0) is 14.8. The first-order chi connectivity index (χ1) is 10.2. The molecule has 0 aliphatic carbocycles. The van der Waals surface area contributed by atoms with E-state index in [1.165, 1.54) is 0 Å². The summed E-state index contributed by atoms with van der Waals surface area (Å²) in [5, 5.41) is 9.11. The first-order valence-electron chi connectivity index (χ1n) is 6.61. The van der Waals surface area contributed by atoms with E-state index in [-0.39, 0.29) is 12.5 Å². The third-order valence-corrected chi connectivity index (χ3v) is 3.54. The van der Waals surface area contributed by atoms with Gasteiger partial charge in [0.1, 0.15) is 6.54 Å². The Labute approximate surface area is 123 Å². The Morgan fingerprint density at radius 2 is 1.95 bits per heavy atom. The number of likely N-dealkylation sites (N-methyl/N-ethyl adjacent to an activating group) is 1. The van der Waals surface area contributed by atoms with Crippen molar-refractivity contribution in [3.05, 3.63) is 65.2 Å². The zero-order valence-electron chi connectivity index (χ0n) is 11.6. The summed E-state index contributed by atoms with van der Waals surface area (Å²) in [4.78, 5) is 18.1. The first kappa shape index (κ1) is 13.1. The second kappa shape index (κ2) is 5.22. The number of anilines is 1. The molecule has 4 heteroatoms. The molecule has 0 unspecified atom stereocenters. The standard InChI is InChI=1S/C17H13N3O/c1-20-15-8-7-12(10-18)9-14(15)17(19-11-16(20)21)13-5-3-2-4-6-13/h2-9H,11H2,1H3. The van der Waals surface area contributed by atoms with Crippen molar-refractivity contribution in [3.63, 3.8) is 0 Å². The summed E-state index contributed by atoms with van der Waals surface area (Å²) in [6.45, 7) is 0.108. The van der Waals surface area contributed by atoms with Crippen molar-refractivity contribution in [1.82, 2.24) is 0 Å². The fourth-order valence-corrected chi connectivity index (χ4v) is 2.40. The number of aliphatic imine (C=N–C) groups is 1. The fourth-order valence-electron chi connectivity index (χ4n) is 2.40. The topological polar surface area (TPSA) is 56.5 Å². The van der Waals surface area contributed by atoms with E-state index >= 15 is 0 Å². The van der Waals surface area contributed by atoms with Gasteiger partial charge in [-0.2, -0.15) is 5.26 Å². The minimum Gasteiger partial charge on any atom is -0.313 e. The highest BCUT2D eigenvalue weighted by atomic mass is 16.2. The molecular formula is C17H13N3O. The van der Waals surface area contributed by atoms with Crippen LogP contribution in [0.2, 0.25) is 0 Å². The summed E-state index contributed by atoms with van der Waals surface area (Å²) >= 11 is 0. The van der Waals surface area contributed by atoms with Gasteiger partial charge in [0, 0.05) is 18.2 Å². The number of hydrogen-bond donors (Lipinski definition) is 0. The number of amides is 1. The number of nitriles is 1. The highest BCUT2D eigenvalue weighted by Gasteiger charge is 2.22. The van der Waals surface area contributed by atoms with E-state index in [4.69, 9.17) is 5.26 Å². The van der Waals surface area contributed by atoms with Crippen molar-refractivity contribution in [2.24, 2.45) is 4.99 Å². The van der Waals surface area contributed by atoms with Crippen LogP contribution in [0, 0.1) is 11.3 Å². The summed E-state index contributed by atoms with van der Waals surface area (Å²) in [6, 6.07) is 17.2. The quantitative estimate of drug-likeness (QED) is 0.802. The molecule has 1 heterocycles. The van der Waals surface area contributed by atoms with Gasteiger partial charge in [-0.3, -0.25) is 9.79 Å². The van der Waals surface area contributed by atoms with Gasteiger partial charge in [0.05, 0.1) is 23.0 Å². The Morgan fingerprint density at radius 3 is 2.67 bits per heavy atom. The molecule has 0 atom stereocenters. The van der Waals surface area contributed by atoms with Crippen LogP contribution >= 0.6 is 0 Å². The number of carbonyl (C=O) groups excluding carboxylic acids is 1. The highest BCUT2D eigenvalue weighted by Crippen LogP contribution is 2.26. The molecule has 0 fully saturated rings. The van der Waals surface area contributed by atoms with Crippen molar-refractivity contribution in [3.8, 4) is 6.07 Å². The molecule has 0 bridgehead atoms. The van der Waals surface area contributed by atoms with Gasteiger partial charge < -0.3 is 4.90 Å². The molecule has 1 amide bonds. The number of hydrogen-bond acceptors (Lipinski definition) is 3. The number of nitrogens with zero attached hydrogens (tertiary/aromatic N) is 3. The van der Waals surface area contributed by atoms with Crippen molar-refractivity contribution < 1.29 is 4.79 Å². The number of rotatable bonds is 1. The monoisotopic (exact) mass is 275 g/mol. The normalized spacial score (nSPS) is 14.0. The number of fused-ring (bicyclic) bond motifs is 1. The van der Waals surface area contributed by atoms with E-state index in [9.17, 15) is 4.79 Å². The van der Waals surface area contributed by atoms with Gasteiger partial charge in [0.25, 0.3) is 0 Å². The minimum absolute atomic E-state index is 0.0631. The van der Waals surface area contributed by atoms with Crippen molar-refractivity contribution in [1.29, 1.82) is 5.26 Å². The predicted octanol–water partition coefficient (Wildman–Crippen LogP) is 2.37. The molecule has 4 nitrogen and oxygen atoms in total. The van der Waals surface area contributed by atoms with Crippen LogP contribution in [-0.2, 0) is 4.79 Å². The van der Waals surface area contributed by atoms with Gasteiger partial charge in [0.2, 0.25) is 5.91 Å². The molecule has 0 aromatic heterocycles. The Kier molecular flexibility index (Phi) is 3.25. The molecule has 1 aliphatic rings. The number of benzodiazepines with no additional fused rings is 1. The molecule has 21 heavy (non-hydrogen) atoms. The average molecular weight is 275 g/mol. The van der Waals surface area contributed by atoms with Crippen LogP contribution in [0.25, 0.3) is 0 Å². The van der Waals surface area contributed by atoms with E-state index in [1.807, 2.05) is 30.3 Å². The van der Waals surface area contributed by atoms with Crippen molar-refractivity contribution >= 4 is 17.3 Å². The van der Waals surface area contributed by atoms with Gasteiger partial charge >= 0.3 is 0 Å². The van der Waals surface area contributed by atoms with E-state index in [2.05, 4.69) is 11.1 Å². The lowest BCUT2D eigenvalue weighted by atomic mass is 9.98. The Balaban J connectivity index is 2.25. The third-order valence-electron chi connectivity index (χ3n) is 3.54. The molecule has 2 aromatic rings. The molecule has 0 saturated carbocycles. The van der Waals surface area contributed by atoms with Crippen LogP contribution in [0.15, 0.2) is 53.5 Å². The van der Waals surface area contributed by atoms with E-state index in [0.29, 0.717) is 5.56 Å². The Bertz CT molecular complexity index is 772. The molecule has 1 aliphatic heterocycles. The zero-order valence-corrected chi connectivity index (χ0v) is 11.6. The average Bonchev–Trinajstić information content (AvgIpc) is 2.66. The SMILES string of the molecule is CN1C(=O)CN=C(c2ccccc2)c2cc(C#N)ccc21. The second-order valence-corrected chi connectivity index (χ2v) is 4.83. The molecule has 0 N–H and O–H groups in total. The molecule has 0 saturated heterocycles. The molecular weight excluding hydrogens is 262 g/mol. The Hall–Kier alpha value is -2.93. The molecule has 2 aromatic carbocycles. The fraction of sp³-hybridized carbons (Fsp3) is 0.118. The maximum absolute atomic E-state index is 12.1. The smallest absolute Gasteiger partial charge is 0.248 e. The van der Waals surface area contributed by atoms with Crippen LogP contribution < -0.4 is 4.90 Å². The van der Waals surface area contributed by atoms with Gasteiger partial charge in [0.15, 0.2) is 0 Å². The minimum atomic E-state index is -0.0631. The third kappa shape index (κ3) is 2.30. The number of benzene rings is 2. The predicted molar refractivity (Wildman–Crippen MR) is 81.5 cm³/mol. The maximum atomic E-state index is 12.1. The van der Waals surface area contributed by atoms with Crippen LogP contribution in [0.1, 0.15) is 16.7 Å². The van der Waals surface area contributed by atoms with Crippen molar-refractivity contribution in [2.45, 2.75) is 0 Å². The summed E-state index contributed by atoms with van der Waals surface area (Å²) in [5.74, 6) is -0.0631. The summed E-state index contributed by atoms with van der Waals surface area (Å²) in [5.41, 5.74) is 3.84. The van der Waals surface area contributed by atoms with Crippen LogP contribution in [0.5, 0.6) is 0 Å². The Morgan fingerprint density at radius 1 is 1.19 bits per heavy atom. The van der Waals surface area contributed by atoms with E-state index in [0.717, 1.165) is 22.5 Å². The summed E-state index contributed by atoms with van der Waals surface area (Å²) < 4.78 is 0. The lowest BCUT2D eigenvalue weighted by Gasteiger charge is -2.18. The first-order valence-corrected chi connectivity index (χ1v) is 6.61. The maximum Gasteiger partial charge on any atom is 0.248 e. The van der Waals surface area contributed by atoms with E-state index < -0.39 is 0 Å². The van der Waals surface area contributed by atoms with Crippen molar-refractivity contribution in [2.75, 3.05) is 18.5 Å². The van der Waals surface area contributed by atoms with Gasteiger partial charge in [-0.15, -0.1) is 0 Å². The summed E-state index contributed by atoms with van der Waals surface area (Å²) in [7, 11) is 1.73.